The molecule has 2 amide bonds. The smallest absolute Gasteiger partial charge is 0.329 e. The molecule has 7 heteroatoms. The number of anilines is 1. The minimum atomic E-state index is -1.01. The van der Waals surface area contributed by atoms with Crippen LogP contribution in [0.4, 0.5) is 10.1 Å². The second-order valence-corrected chi connectivity index (χ2v) is 6.70. The number of nitrogens with one attached hydrogen (secondary N) is 2. The van der Waals surface area contributed by atoms with Gasteiger partial charge in [0.05, 0.1) is 5.56 Å². The van der Waals surface area contributed by atoms with Crippen LogP contribution >= 0.6 is 0 Å². The highest BCUT2D eigenvalue weighted by molar-refractivity contribution is 5.97. The Bertz CT molecular complexity index is 850. The molecule has 148 valence electrons. The highest BCUT2D eigenvalue weighted by atomic mass is 19.1. The van der Waals surface area contributed by atoms with Gasteiger partial charge in [0.25, 0.3) is 11.8 Å². The molecule has 0 aliphatic rings. The van der Waals surface area contributed by atoms with Gasteiger partial charge in [0.2, 0.25) is 0 Å². The Labute approximate surface area is 163 Å². The number of esters is 1. The minimum Gasteiger partial charge on any atom is -0.454 e. The fourth-order valence-corrected chi connectivity index (χ4v) is 2.42. The van der Waals surface area contributed by atoms with Crippen LogP contribution in [0.1, 0.15) is 29.8 Å². The number of rotatable bonds is 7. The van der Waals surface area contributed by atoms with Crippen molar-refractivity contribution in [3.8, 4) is 0 Å². The monoisotopic (exact) mass is 386 g/mol. The molecule has 0 spiro atoms. The molecule has 0 aromatic heterocycles. The molecule has 0 saturated heterocycles. The molecule has 0 aliphatic carbocycles. The third-order valence-electron chi connectivity index (χ3n) is 4.01. The maximum absolute atomic E-state index is 13.7. The van der Waals surface area contributed by atoms with E-state index in [1.54, 1.807) is 26.0 Å². The first-order chi connectivity index (χ1) is 13.3. The number of ether oxygens (including phenoxy) is 1. The summed E-state index contributed by atoms with van der Waals surface area (Å²) in [4.78, 5) is 36.5. The molecular weight excluding hydrogens is 363 g/mol. The molecule has 0 saturated carbocycles. The zero-order valence-electron chi connectivity index (χ0n) is 16.0. The molecule has 0 bridgehead atoms. The van der Waals surface area contributed by atoms with E-state index in [1.807, 2.05) is 19.1 Å². The van der Waals surface area contributed by atoms with Gasteiger partial charge in [-0.15, -0.1) is 0 Å². The first kappa shape index (κ1) is 21.1. The molecule has 0 heterocycles. The fourth-order valence-electron chi connectivity index (χ4n) is 2.42. The van der Waals surface area contributed by atoms with Crippen molar-refractivity contribution in [2.75, 3.05) is 11.9 Å². The number of hydrogen-bond acceptors (Lipinski definition) is 4. The zero-order valence-corrected chi connectivity index (χ0v) is 16.0. The number of amides is 2. The number of halogens is 1. The van der Waals surface area contributed by atoms with Gasteiger partial charge in [-0.05, 0) is 37.1 Å². The molecule has 6 nitrogen and oxygen atoms in total. The summed E-state index contributed by atoms with van der Waals surface area (Å²) < 4.78 is 18.8. The van der Waals surface area contributed by atoms with Crippen LogP contribution < -0.4 is 10.6 Å². The van der Waals surface area contributed by atoms with E-state index in [9.17, 15) is 18.8 Å². The normalized spacial score (nSPS) is 11.6. The Kier molecular flexibility index (Phi) is 7.26. The van der Waals surface area contributed by atoms with E-state index in [1.165, 1.54) is 18.2 Å². The standard InChI is InChI=1S/C21H23FN2O4/c1-13(2)19(24-20(26)16-6-4-5-7-17(16)22)21(27)28-12-18(25)23-15-10-8-14(3)9-11-15/h4-11,13,19H,12H2,1-3H3,(H,23,25)(H,24,26)/t19-/m0/s1. The molecule has 2 aromatic carbocycles. The Morgan fingerprint density at radius 3 is 2.29 bits per heavy atom. The summed E-state index contributed by atoms with van der Waals surface area (Å²) in [6, 6.07) is 11.6. The first-order valence-electron chi connectivity index (χ1n) is 8.86. The van der Waals surface area contributed by atoms with E-state index >= 15 is 0 Å². The lowest BCUT2D eigenvalue weighted by Crippen LogP contribution is -2.46. The molecule has 0 radical (unpaired) electrons. The topological polar surface area (TPSA) is 84.5 Å². The summed E-state index contributed by atoms with van der Waals surface area (Å²) in [5.74, 6) is -2.99. The average molecular weight is 386 g/mol. The first-order valence-corrected chi connectivity index (χ1v) is 8.86. The maximum Gasteiger partial charge on any atom is 0.329 e. The van der Waals surface area contributed by atoms with Crippen LogP contribution in [0, 0.1) is 18.7 Å². The average Bonchev–Trinajstić information content (AvgIpc) is 2.66. The fraction of sp³-hybridized carbons (Fsp3) is 0.286. The van der Waals surface area contributed by atoms with E-state index in [0.717, 1.165) is 11.6 Å². The molecule has 0 unspecified atom stereocenters. The van der Waals surface area contributed by atoms with Crippen molar-refractivity contribution < 1.29 is 23.5 Å². The van der Waals surface area contributed by atoms with Crippen LogP contribution in [0.3, 0.4) is 0 Å². The highest BCUT2D eigenvalue weighted by Crippen LogP contribution is 2.11. The van der Waals surface area contributed by atoms with Crippen molar-refractivity contribution in [3.05, 3.63) is 65.5 Å². The number of aryl methyl sites for hydroxylation is 1. The molecule has 2 aromatic rings. The van der Waals surface area contributed by atoms with Gasteiger partial charge in [0, 0.05) is 5.69 Å². The molecular formula is C21H23FN2O4. The summed E-state index contributed by atoms with van der Waals surface area (Å²) in [6.45, 7) is 4.85. The van der Waals surface area contributed by atoms with Crippen LogP contribution in [0.15, 0.2) is 48.5 Å². The Balaban J connectivity index is 1.93. The van der Waals surface area contributed by atoms with Crippen molar-refractivity contribution >= 4 is 23.5 Å². The van der Waals surface area contributed by atoms with Gasteiger partial charge in [0.1, 0.15) is 11.9 Å². The highest BCUT2D eigenvalue weighted by Gasteiger charge is 2.27. The van der Waals surface area contributed by atoms with Crippen molar-refractivity contribution in [3.63, 3.8) is 0 Å². The Morgan fingerprint density at radius 1 is 1.04 bits per heavy atom. The third kappa shape index (κ3) is 5.90. The Hall–Kier alpha value is -3.22. The maximum atomic E-state index is 13.7. The molecule has 0 aliphatic heterocycles. The van der Waals surface area contributed by atoms with Gasteiger partial charge in [-0.2, -0.15) is 0 Å². The van der Waals surface area contributed by atoms with Gasteiger partial charge in [-0.1, -0.05) is 43.7 Å². The summed E-state index contributed by atoms with van der Waals surface area (Å²) >= 11 is 0. The van der Waals surface area contributed by atoms with E-state index in [4.69, 9.17) is 4.74 Å². The number of hydrogen-bond donors (Lipinski definition) is 2. The largest absolute Gasteiger partial charge is 0.454 e. The van der Waals surface area contributed by atoms with E-state index in [-0.39, 0.29) is 11.5 Å². The summed E-state index contributed by atoms with van der Waals surface area (Å²) in [5, 5.41) is 5.08. The number of carbonyl (C=O) groups is 3. The van der Waals surface area contributed by atoms with Crippen LogP contribution in [0.5, 0.6) is 0 Å². The predicted octanol–water partition coefficient (Wildman–Crippen LogP) is 3.07. The zero-order chi connectivity index (χ0) is 20.7. The molecule has 0 fully saturated rings. The molecule has 28 heavy (non-hydrogen) atoms. The van der Waals surface area contributed by atoms with Crippen molar-refractivity contribution in [2.24, 2.45) is 5.92 Å². The van der Waals surface area contributed by atoms with Crippen LogP contribution in [-0.2, 0) is 14.3 Å². The van der Waals surface area contributed by atoms with Crippen molar-refractivity contribution in [1.29, 1.82) is 0 Å². The predicted molar refractivity (Wildman–Crippen MR) is 103 cm³/mol. The summed E-state index contributed by atoms with van der Waals surface area (Å²) in [6.07, 6.45) is 0. The lowest BCUT2D eigenvalue weighted by atomic mass is 10.0. The van der Waals surface area contributed by atoms with E-state index in [0.29, 0.717) is 5.69 Å². The molecule has 2 rings (SSSR count). The van der Waals surface area contributed by atoms with Gasteiger partial charge >= 0.3 is 5.97 Å². The van der Waals surface area contributed by atoms with E-state index < -0.39 is 36.2 Å². The van der Waals surface area contributed by atoms with Gasteiger partial charge in [0.15, 0.2) is 6.61 Å². The number of carbonyl (C=O) groups excluding carboxylic acids is 3. The van der Waals surface area contributed by atoms with Crippen molar-refractivity contribution in [1.82, 2.24) is 5.32 Å². The van der Waals surface area contributed by atoms with Gasteiger partial charge in [-0.3, -0.25) is 9.59 Å². The Morgan fingerprint density at radius 2 is 1.68 bits per heavy atom. The van der Waals surface area contributed by atoms with Gasteiger partial charge in [-0.25, -0.2) is 9.18 Å². The quantitative estimate of drug-likeness (QED) is 0.717. The van der Waals surface area contributed by atoms with E-state index in [2.05, 4.69) is 10.6 Å². The van der Waals surface area contributed by atoms with Crippen LogP contribution in [0.2, 0.25) is 0 Å². The van der Waals surface area contributed by atoms with Crippen LogP contribution in [0.25, 0.3) is 0 Å². The second-order valence-electron chi connectivity index (χ2n) is 6.70. The SMILES string of the molecule is Cc1ccc(NC(=O)COC(=O)[C@@H](NC(=O)c2ccccc2F)C(C)C)cc1. The summed E-state index contributed by atoms with van der Waals surface area (Å²) in [5.41, 5.74) is 1.47. The van der Waals surface area contributed by atoms with Crippen molar-refractivity contribution in [2.45, 2.75) is 26.8 Å². The second kappa shape index (κ2) is 9.64. The molecule has 2 N–H and O–H groups in total. The molecule has 1 atom stereocenters. The lowest BCUT2D eigenvalue weighted by Gasteiger charge is -2.21. The minimum absolute atomic E-state index is 0.168. The van der Waals surface area contributed by atoms with Crippen LogP contribution in [-0.4, -0.2) is 30.4 Å². The van der Waals surface area contributed by atoms with Gasteiger partial charge < -0.3 is 15.4 Å². The lowest BCUT2D eigenvalue weighted by molar-refractivity contribution is -0.150. The summed E-state index contributed by atoms with van der Waals surface area (Å²) in [7, 11) is 0. The number of benzene rings is 2. The third-order valence-corrected chi connectivity index (χ3v) is 4.01.